The molecule has 3 rings (SSSR count). The molecule has 0 saturated carbocycles. The normalized spacial score (nSPS) is 23.2. The SMILES string of the molecule is CCC(=O)CNC(=O)C1CC(OC(=O)CCC(=O)OC/C=C(C)/C=C/C=C(C)/C=C/C2=C(C)CCCC2(C)C)CN1C(=O)C1CCCN1CC. The van der Waals surface area contributed by atoms with Crippen LogP contribution in [0.3, 0.4) is 0 Å². The average Bonchev–Trinajstić information content (AvgIpc) is 3.73. The zero-order valence-electron chi connectivity index (χ0n) is 31.3. The number of esters is 2. The second-order valence-electron chi connectivity index (χ2n) is 14.4. The van der Waals surface area contributed by atoms with E-state index in [2.05, 4.69) is 50.1 Å². The van der Waals surface area contributed by atoms with Crippen LogP contribution in [-0.4, -0.2) is 90.3 Å². The molecule has 10 nitrogen and oxygen atoms in total. The lowest BCUT2D eigenvalue weighted by molar-refractivity contribution is -0.153. The number of Topliss-reactive ketones (excluding diaryl/α,β-unsaturated/α-hetero) is 1. The first-order chi connectivity index (χ1) is 23.7. The highest BCUT2D eigenvalue weighted by molar-refractivity contribution is 5.93. The Bertz CT molecular complexity index is 1400. The van der Waals surface area contributed by atoms with E-state index in [0.717, 1.165) is 37.1 Å². The molecule has 2 fully saturated rings. The summed E-state index contributed by atoms with van der Waals surface area (Å²) in [5.41, 5.74) is 5.19. The van der Waals surface area contributed by atoms with Gasteiger partial charge in [0.2, 0.25) is 11.8 Å². The molecule has 0 aromatic carbocycles. The fourth-order valence-electron chi connectivity index (χ4n) is 6.97. The molecule has 2 heterocycles. The van der Waals surface area contributed by atoms with Gasteiger partial charge in [0.1, 0.15) is 18.8 Å². The number of likely N-dealkylation sites (tertiary alicyclic amines) is 2. The number of nitrogens with one attached hydrogen (secondary N) is 1. The summed E-state index contributed by atoms with van der Waals surface area (Å²) < 4.78 is 10.9. The van der Waals surface area contributed by atoms with E-state index in [1.54, 1.807) is 13.0 Å². The fraction of sp³-hybridized carbons (Fsp3) is 0.625. The zero-order valence-corrected chi connectivity index (χ0v) is 31.3. The number of nitrogens with zero attached hydrogens (tertiary/aromatic N) is 2. The molecule has 2 aliphatic heterocycles. The molecule has 1 aliphatic carbocycles. The molecule has 3 atom stereocenters. The van der Waals surface area contributed by atoms with Crippen molar-refractivity contribution < 1.29 is 33.4 Å². The summed E-state index contributed by atoms with van der Waals surface area (Å²) in [6.07, 6.45) is 16.8. The Hall–Kier alpha value is -3.79. The summed E-state index contributed by atoms with van der Waals surface area (Å²) in [5.74, 6) is -1.83. The topological polar surface area (TPSA) is 122 Å². The van der Waals surface area contributed by atoms with E-state index < -0.39 is 30.0 Å². The Balaban J connectivity index is 1.45. The average molecular weight is 694 g/mol. The van der Waals surface area contributed by atoms with Crippen molar-refractivity contribution in [1.82, 2.24) is 15.1 Å². The number of likely N-dealkylation sites (N-methyl/N-ethyl adjacent to an activating group) is 1. The maximum atomic E-state index is 13.5. The first-order valence-electron chi connectivity index (χ1n) is 18.3. The highest BCUT2D eigenvalue weighted by Crippen LogP contribution is 2.40. The minimum absolute atomic E-state index is 0.0847. The lowest BCUT2D eigenvalue weighted by Crippen LogP contribution is -2.52. The maximum Gasteiger partial charge on any atom is 0.306 e. The molecule has 0 bridgehead atoms. The molecular formula is C40H59N3O7. The highest BCUT2D eigenvalue weighted by atomic mass is 16.5. The zero-order chi connectivity index (χ0) is 36.8. The molecule has 1 N–H and O–H groups in total. The standard InChI is InChI=1S/C40H59N3O7/c1-8-31(44)26-41-38(47)35-25-32(27-43(35)39(48)34-16-12-23-42(34)9-2)50-37(46)20-19-36(45)49-24-21-29(4)14-10-13-28(3)17-18-33-30(5)15-11-22-40(33,6)7/h10,13-14,17-18,21,32,34-35H,8-9,11-12,15-16,19-20,22-27H2,1-7H3,(H,41,47)/b14-10+,18-17+,28-13+,29-21+. The van der Waals surface area contributed by atoms with Gasteiger partial charge in [0, 0.05) is 12.8 Å². The number of allylic oxidation sites excluding steroid dienone is 9. The second-order valence-corrected chi connectivity index (χ2v) is 14.4. The van der Waals surface area contributed by atoms with E-state index in [-0.39, 0.29) is 62.1 Å². The predicted molar refractivity (Wildman–Crippen MR) is 195 cm³/mol. The third kappa shape index (κ3) is 12.2. The van der Waals surface area contributed by atoms with Gasteiger partial charge in [-0.05, 0) is 83.0 Å². The number of carbonyl (C=O) groups excluding carboxylic acids is 5. The lowest BCUT2D eigenvalue weighted by atomic mass is 9.72. The van der Waals surface area contributed by atoms with Crippen molar-refractivity contribution in [3.8, 4) is 0 Å². The number of rotatable bonds is 16. The number of ketones is 1. The van der Waals surface area contributed by atoms with Gasteiger partial charge in [-0.25, -0.2) is 0 Å². The van der Waals surface area contributed by atoms with E-state index in [4.69, 9.17) is 9.47 Å². The third-order valence-corrected chi connectivity index (χ3v) is 10.0. The van der Waals surface area contributed by atoms with Crippen molar-refractivity contribution in [2.45, 2.75) is 124 Å². The van der Waals surface area contributed by atoms with Crippen molar-refractivity contribution in [3.63, 3.8) is 0 Å². The van der Waals surface area contributed by atoms with Gasteiger partial charge in [0.05, 0.1) is 32.0 Å². The third-order valence-electron chi connectivity index (χ3n) is 10.0. The molecule has 0 aromatic rings. The molecule has 3 aliphatic rings. The van der Waals surface area contributed by atoms with Crippen LogP contribution in [0.25, 0.3) is 0 Å². The number of amides is 2. The van der Waals surface area contributed by atoms with Crippen LogP contribution in [0.5, 0.6) is 0 Å². The number of carbonyl (C=O) groups is 5. The molecule has 10 heteroatoms. The molecule has 0 spiro atoms. The molecule has 0 aromatic heterocycles. The van der Waals surface area contributed by atoms with Gasteiger partial charge < -0.3 is 19.7 Å². The van der Waals surface area contributed by atoms with Gasteiger partial charge in [-0.2, -0.15) is 0 Å². The van der Waals surface area contributed by atoms with Gasteiger partial charge in [0.25, 0.3) is 0 Å². The van der Waals surface area contributed by atoms with Crippen LogP contribution in [0.1, 0.15) is 106 Å². The van der Waals surface area contributed by atoms with E-state index in [9.17, 15) is 24.0 Å². The monoisotopic (exact) mass is 693 g/mol. The molecule has 2 saturated heterocycles. The first kappa shape index (κ1) is 40.6. The minimum Gasteiger partial charge on any atom is -0.461 e. The summed E-state index contributed by atoms with van der Waals surface area (Å²) in [4.78, 5) is 67.0. The van der Waals surface area contributed by atoms with Gasteiger partial charge in [0.15, 0.2) is 5.78 Å². The predicted octanol–water partition coefficient (Wildman–Crippen LogP) is 5.93. The summed E-state index contributed by atoms with van der Waals surface area (Å²) in [6, 6.07) is -1.17. The largest absolute Gasteiger partial charge is 0.461 e. The van der Waals surface area contributed by atoms with E-state index in [1.165, 1.54) is 28.9 Å². The summed E-state index contributed by atoms with van der Waals surface area (Å²) in [5, 5.41) is 2.64. The smallest absolute Gasteiger partial charge is 0.306 e. The minimum atomic E-state index is -0.843. The molecule has 50 heavy (non-hydrogen) atoms. The van der Waals surface area contributed by atoms with Crippen molar-refractivity contribution in [2.75, 3.05) is 32.8 Å². The Morgan fingerprint density at radius 2 is 1.72 bits per heavy atom. The van der Waals surface area contributed by atoms with Crippen LogP contribution in [0.4, 0.5) is 0 Å². The lowest BCUT2D eigenvalue weighted by Gasteiger charge is -2.32. The number of ether oxygens (including phenoxy) is 2. The van der Waals surface area contributed by atoms with E-state index in [0.29, 0.717) is 12.8 Å². The summed E-state index contributed by atoms with van der Waals surface area (Å²) >= 11 is 0. The summed E-state index contributed by atoms with van der Waals surface area (Å²) in [6.45, 7) is 16.2. The number of hydrogen-bond acceptors (Lipinski definition) is 8. The second kappa shape index (κ2) is 19.6. The van der Waals surface area contributed by atoms with Crippen molar-refractivity contribution in [3.05, 3.63) is 58.7 Å². The van der Waals surface area contributed by atoms with Crippen LogP contribution in [0.2, 0.25) is 0 Å². The highest BCUT2D eigenvalue weighted by Gasteiger charge is 2.45. The van der Waals surface area contributed by atoms with Gasteiger partial charge in [-0.1, -0.05) is 74.8 Å². The van der Waals surface area contributed by atoms with Gasteiger partial charge in [-0.3, -0.25) is 28.9 Å². The molecular weight excluding hydrogens is 634 g/mol. The molecule has 276 valence electrons. The number of hydrogen-bond donors (Lipinski definition) is 1. The van der Waals surface area contributed by atoms with Crippen molar-refractivity contribution in [1.29, 1.82) is 0 Å². The Labute approximate surface area is 299 Å². The van der Waals surface area contributed by atoms with Crippen molar-refractivity contribution in [2.24, 2.45) is 5.41 Å². The Morgan fingerprint density at radius 1 is 0.980 bits per heavy atom. The van der Waals surface area contributed by atoms with Crippen LogP contribution < -0.4 is 5.32 Å². The Morgan fingerprint density at radius 3 is 2.42 bits per heavy atom. The molecule has 0 radical (unpaired) electrons. The molecule has 2 amide bonds. The van der Waals surface area contributed by atoms with Crippen LogP contribution >= 0.6 is 0 Å². The summed E-state index contributed by atoms with van der Waals surface area (Å²) in [7, 11) is 0. The van der Waals surface area contributed by atoms with Crippen LogP contribution in [0.15, 0.2) is 58.7 Å². The molecule has 3 unspecified atom stereocenters. The maximum absolute atomic E-state index is 13.5. The van der Waals surface area contributed by atoms with E-state index >= 15 is 0 Å². The van der Waals surface area contributed by atoms with Crippen LogP contribution in [0, 0.1) is 5.41 Å². The van der Waals surface area contributed by atoms with Crippen molar-refractivity contribution >= 4 is 29.5 Å². The van der Waals surface area contributed by atoms with E-state index in [1.807, 2.05) is 32.1 Å². The first-order valence-corrected chi connectivity index (χ1v) is 18.3. The quantitative estimate of drug-likeness (QED) is 0.156. The Kier molecular flexibility index (Phi) is 15.9. The van der Waals surface area contributed by atoms with Gasteiger partial charge in [-0.15, -0.1) is 0 Å². The van der Waals surface area contributed by atoms with Crippen LogP contribution in [-0.2, 0) is 33.4 Å². The fourth-order valence-corrected chi connectivity index (χ4v) is 6.97. The van der Waals surface area contributed by atoms with Gasteiger partial charge >= 0.3 is 11.9 Å².